The number of piperidine rings is 1. The van der Waals surface area contributed by atoms with Crippen molar-refractivity contribution in [2.45, 2.75) is 18.9 Å². The molecule has 0 spiro atoms. The second kappa shape index (κ2) is 7.08. The van der Waals surface area contributed by atoms with Gasteiger partial charge in [-0.15, -0.1) is 0 Å². The molecule has 24 heavy (non-hydrogen) atoms. The zero-order valence-corrected chi connectivity index (χ0v) is 14.6. The molecule has 0 aromatic heterocycles. The van der Waals surface area contributed by atoms with Crippen molar-refractivity contribution in [3.05, 3.63) is 71.8 Å². The Labute approximate surface area is 146 Å². The molecule has 0 bridgehead atoms. The Morgan fingerprint density at radius 1 is 0.750 bits per heavy atom. The molecule has 0 N–H and O–H groups in total. The lowest BCUT2D eigenvalue weighted by Crippen LogP contribution is -2.53. The summed E-state index contributed by atoms with van der Waals surface area (Å²) in [6, 6.07) is 22.4. The maximum absolute atomic E-state index is 2.67. The highest BCUT2D eigenvalue weighted by Crippen LogP contribution is 2.39. The lowest BCUT2D eigenvalue weighted by Gasteiger charge is -2.49. The van der Waals surface area contributed by atoms with Crippen molar-refractivity contribution in [3.63, 3.8) is 0 Å². The van der Waals surface area contributed by atoms with E-state index in [1.807, 2.05) is 0 Å². The molecule has 126 valence electrons. The van der Waals surface area contributed by atoms with Gasteiger partial charge in [-0.25, -0.2) is 0 Å². The highest BCUT2D eigenvalue weighted by Gasteiger charge is 2.38. The molecule has 2 heteroatoms. The summed E-state index contributed by atoms with van der Waals surface area (Å²) < 4.78 is 0. The average Bonchev–Trinajstić information content (AvgIpc) is 2.60. The van der Waals surface area contributed by atoms with Gasteiger partial charge in [0.1, 0.15) is 0 Å². The van der Waals surface area contributed by atoms with Gasteiger partial charge in [-0.1, -0.05) is 60.7 Å². The second-order valence-corrected chi connectivity index (χ2v) is 7.58. The summed E-state index contributed by atoms with van der Waals surface area (Å²) in [6.07, 6.45) is 2.77. The molecule has 0 atom stereocenters. The summed E-state index contributed by atoms with van der Waals surface area (Å²) >= 11 is 0. The van der Waals surface area contributed by atoms with E-state index in [4.69, 9.17) is 0 Å². The number of nitrogens with zero attached hydrogens (tertiary/aromatic N) is 2. The highest BCUT2D eigenvalue weighted by atomic mass is 15.2. The van der Waals surface area contributed by atoms with Crippen molar-refractivity contribution in [2.24, 2.45) is 11.8 Å². The first-order valence-corrected chi connectivity index (χ1v) is 9.34. The van der Waals surface area contributed by atoms with Gasteiger partial charge in [0.25, 0.3) is 0 Å². The lowest BCUT2D eigenvalue weighted by molar-refractivity contribution is 0.0116. The molecular formula is C22H28N2. The van der Waals surface area contributed by atoms with E-state index in [2.05, 4.69) is 77.5 Å². The Hall–Kier alpha value is -1.64. The molecule has 2 aliphatic rings. The van der Waals surface area contributed by atoms with Gasteiger partial charge in [0.15, 0.2) is 0 Å². The fourth-order valence-electron chi connectivity index (χ4n) is 4.44. The SMILES string of the molecule is CN1CCC(C2CN(C(c3ccccc3)c3ccccc3)C2)CC1. The first kappa shape index (κ1) is 15.9. The Morgan fingerprint density at radius 3 is 1.75 bits per heavy atom. The Bertz CT molecular complexity index is 586. The quantitative estimate of drug-likeness (QED) is 0.838. The number of rotatable bonds is 4. The van der Waals surface area contributed by atoms with Gasteiger partial charge in [0, 0.05) is 13.1 Å². The maximum Gasteiger partial charge on any atom is 0.0602 e. The topological polar surface area (TPSA) is 6.48 Å². The number of hydrogen-bond acceptors (Lipinski definition) is 2. The summed E-state index contributed by atoms with van der Waals surface area (Å²) in [7, 11) is 2.25. The largest absolute Gasteiger partial charge is 0.306 e. The molecule has 2 aliphatic heterocycles. The van der Waals surface area contributed by atoms with Crippen molar-refractivity contribution >= 4 is 0 Å². The van der Waals surface area contributed by atoms with E-state index >= 15 is 0 Å². The summed E-state index contributed by atoms with van der Waals surface area (Å²) in [4.78, 5) is 5.15. The minimum atomic E-state index is 0.412. The molecule has 2 saturated heterocycles. The monoisotopic (exact) mass is 320 g/mol. The average molecular weight is 320 g/mol. The lowest BCUT2D eigenvalue weighted by atomic mass is 9.78. The van der Waals surface area contributed by atoms with Crippen LogP contribution in [0, 0.1) is 11.8 Å². The van der Waals surface area contributed by atoms with Gasteiger partial charge in [0.2, 0.25) is 0 Å². The van der Waals surface area contributed by atoms with Gasteiger partial charge >= 0.3 is 0 Å². The van der Waals surface area contributed by atoms with Crippen LogP contribution in [0.4, 0.5) is 0 Å². The van der Waals surface area contributed by atoms with Crippen molar-refractivity contribution in [3.8, 4) is 0 Å². The Kier molecular flexibility index (Phi) is 4.68. The van der Waals surface area contributed by atoms with Crippen molar-refractivity contribution in [1.82, 2.24) is 9.80 Å². The molecule has 0 amide bonds. The zero-order valence-electron chi connectivity index (χ0n) is 14.6. The van der Waals surface area contributed by atoms with Gasteiger partial charge in [-0.2, -0.15) is 0 Å². The van der Waals surface area contributed by atoms with Crippen LogP contribution in [0.2, 0.25) is 0 Å². The molecule has 2 nitrogen and oxygen atoms in total. The molecule has 0 aliphatic carbocycles. The van der Waals surface area contributed by atoms with E-state index < -0.39 is 0 Å². The number of benzene rings is 2. The third-order valence-corrected chi connectivity index (χ3v) is 5.96. The summed E-state index contributed by atoms with van der Waals surface area (Å²) in [5.74, 6) is 1.83. The van der Waals surface area contributed by atoms with Gasteiger partial charge < -0.3 is 4.90 Å². The van der Waals surface area contributed by atoms with Crippen LogP contribution in [0.15, 0.2) is 60.7 Å². The van der Waals surface area contributed by atoms with Crippen LogP contribution in [0.25, 0.3) is 0 Å². The van der Waals surface area contributed by atoms with Crippen LogP contribution in [0.5, 0.6) is 0 Å². The first-order valence-electron chi connectivity index (χ1n) is 9.34. The van der Waals surface area contributed by atoms with Gasteiger partial charge in [0.05, 0.1) is 6.04 Å². The molecule has 4 rings (SSSR count). The smallest absolute Gasteiger partial charge is 0.0602 e. The van der Waals surface area contributed by atoms with Crippen LogP contribution < -0.4 is 0 Å². The maximum atomic E-state index is 2.67. The predicted octanol–water partition coefficient (Wildman–Crippen LogP) is 4.05. The third-order valence-electron chi connectivity index (χ3n) is 5.96. The van der Waals surface area contributed by atoms with E-state index in [1.54, 1.807) is 0 Å². The molecular weight excluding hydrogens is 292 g/mol. The van der Waals surface area contributed by atoms with E-state index in [9.17, 15) is 0 Å². The molecule has 2 fully saturated rings. The molecule has 2 aromatic carbocycles. The van der Waals surface area contributed by atoms with Crippen LogP contribution in [0.1, 0.15) is 30.0 Å². The van der Waals surface area contributed by atoms with Crippen LogP contribution in [-0.2, 0) is 0 Å². The van der Waals surface area contributed by atoms with Gasteiger partial charge in [-0.05, 0) is 55.9 Å². The fraction of sp³-hybridized carbons (Fsp3) is 0.455. The molecule has 0 saturated carbocycles. The number of hydrogen-bond donors (Lipinski definition) is 0. The highest BCUT2D eigenvalue weighted by molar-refractivity contribution is 5.32. The van der Waals surface area contributed by atoms with E-state index in [0.717, 1.165) is 11.8 Å². The standard InChI is InChI=1S/C22H28N2/c1-23-14-12-18(13-15-23)21-16-24(17-21)22(19-8-4-2-5-9-19)20-10-6-3-7-11-20/h2-11,18,21-22H,12-17H2,1H3. The zero-order chi connectivity index (χ0) is 16.4. The van der Waals surface area contributed by atoms with Gasteiger partial charge in [-0.3, -0.25) is 4.90 Å². The minimum Gasteiger partial charge on any atom is -0.306 e. The molecule has 2 heterocycles. The summed E-state index contributed by atoms with van der Waals surface area (Å²) in [6.45, 7) is 5.07. The number of likely N-dealkylation sites (tertiary alicyclic amines) is 2. The summed E-state index contributed by atoms with van der Waals surface area (Å²) in [5, 5.41) is 0. The van der Waals surface area contributed by atoms with Crippen LogP contribution >= 0.6 is 0 Å². The van der Waals surface area contributed by atoms with E-state index in [-0.39, 0.29) is 0 Å². The van der Waals surface area contributed by atoms with E-state index in [0.29, 0.717) is 6.04 Å². The first-order chi connectivity index (χ1) is 11.8. The summed E-state index contributed by atoms with van der Waals surface area (Å²) in [5.41, 5.74) is 2.84. The van der Waals surface area contributed by atoms with Crippen LogP contribution in [-0.4, -0.2) is 43.0 Å². The minimum absolute atomic E-state index is 0.412. The van der Waals surface area contributed by atoms with Crippen LogP contribution in [0.3, 0.4) is 0 Å². The molecule has 0 unspecified atom stereocenters. The van der Waals surface area contributed by atoms with Crippen molar-refractivity contribution in [2.75, 3.05) is 33.2 Å². The Morgan fingerprint density at radius 2 is 1.25 bits per heavy atom. The molecule has 0 radical (unpaired) electrons. The van der Waals surface area contributed by atoms with Crippen molar-refractivity contribution < 1.29 is 0 Å². The molecule has 2 aromatic rings. The fourth-order valence-corrected chi connectivity index (χ4v) is 4.44. The second-order valence-electron chi connectivity index (χ2n) is 7.58. The Balaban J connectivity index is 1.48. The normalized spacial score (nSPS) is 21.1. The third kappa shape index (κ3) is 3.26. The van der Waals surface area contributed by atoms with E-state index in [1.165, 1.54) is 50.1 Å². The van der Waals surface area contributed by atoms with Crippen molar-refractivity contribution in [1.29, 1.82) is 0 Å². The predicted molar refractivity (Wildman–Crippen MR) is 100 cm³/mol.